The quantitative estimate of drug-likeness (QED) is 0.910. The zero-order valence-electron chi connectivity index (χ0n) is 8.19. The van der Waals surface area contributed by atoms with Crippen molar-refractivity contribution in [3.8, 4) is 17.4 Å². The summed E-state index contributed by atoms with van der Waals surface area (Å²) in [6.45, 7) is 0. The summed E-state index contributed by atoms with van der Waals surface area (Å²) < 4.78 is 5.28. The fourth-order valence-corrected chi connectivity index (χ4v) is 1.71. The molecular weight excluding hydrogens is 286 g/mol. The van der Waals surface area contributed by atoms with Crippen molar-refractivity contribution in [3.05, 3.63) is 39.5 Å². The number of halogens is 3. The Morgan fingerprint density at radius 3 is 2.29 bits per heavy atom. The highest BCUT2D eigenvalue weighted by atomic mass is 35.5. The maximum absolute atomic E-state index is 9.54. The minimum absolute atomic E-state index is 0.0557. The van der Waals surface area contributed by atoms with Gasteiger partial charge in [-0.25, -0.2) is 0 Å². The van der Waals surface area contributed by atoms with Crippen LogP contribution < -0.4 is 4.74 Å². The van der Waals surface area contributed by atoms with E-state index in [-0.39, 0.29) is 22.5 Å². The average molecular weight is 292 g/mol. The van der Waals surface area contributed by atoms with Gasteiger partial charge in [0.05, 0.1) is 10.0 Å². The molecule has 0 atom stereocenters. The van der Waals surface area contributed by atoms with Crippen LogP contribution in [-0.2, 0) is 0 Å². The van der Waals surface area contributed by atoms with E-state index in [1.165, 1.54) is 6.07 Å². The molecule has 0 aliphatic rings. The first kappa shape index (κ1) is 12.2. The van der Waals surface area contributed by atoms with Gasteiger partial charge in [0.2, 0.25) is 0 Å². The van der Waals surface area contributed by atoms with E-state index in [0.29, 0.717) is 10.0 Å². The summed E-state index contributed by atoms with van der Waals surface area (Å²) in [7, 11) is 0. The molecule has 88 valence electrons. The summed E-state index contributed by atoms with van der Waals surface area (Å²) in [6.07, 6.45) is 0. The SMILES string of the molecule is Oc1cc(Cl)nnc1Oc1c(Cl)cccc1Cl. The molecule has 0 bridgehead atoms. The Labute approximate surface area is 112 Å². The Bertz CT molecular complexity index is 543. The molecule has 0 radical (unpaired) electrons. The molecule has 7 heteroatoms. The van der Waals surface area contributed by atoms with Crippen LogP contribution in [0.15, 0.2) is 24.3 Å². The minimum Gasteiger partial charge on any atom is -0.503 e. The predicted molar refractivity (Wildman–Crippen MR) is 65.2 cm³/mol. The van der Waals surface area contributed by atoms with Gasteiger partial charge in [0, 0.05) is 6.07 Å². The number of aromatic hydroxyl groups is 1. The smallest absolute Gasteiger partial charge is 0.281 e. The monoisotopic (exact) mass is 290 g/mol. The largest absolute Gasteiger partial charge is 0.503 e. The second kappa shape index (κ2) is 4.96. The number of aromatic nitrogens is 2. The van der Waals surface area contributed by atoms with Crippen molar-refractivity contribution in [2.75, 3.05) is 0 Å². The second-order valence-electron chi connectivity index (χ2n) is 3.01. The molecule has 0 saturated heterocycles. The van der Waals surface area contributed by atoms with Crippen LogP contribution in [0.25, 0.3) is 0 Å². The number of para-hydroxylation sites is 1. The predicted octanol–water partition coefficient (Wildman–Crippen LogP) is 3.93. The molecule has 0 amide bonds. The molecule has 1 heterocycles. The lowest BCUT2D eigenvalue weighted by molar-refractivity contribution is 0.392. The van der Waals surface area contributed by atoms with Crippen molar-refractivity contribution in [1.82, 2.24) is 10.2 Å². The number of hydrogen-bond acceptors (Lipinski definition) is 4. The van der Waals surface area contributed by atoms with E-state index in [1.807, 2.05) is 0 Å². The van der Waals surface area contributed by atoms with Crippen molar-refractivity contribution < 1.29 is 9.84 Å². The van der Waals surface area contributed by atoms with Gasteiger partial charge in [0.1, 0.15) is 0 Å². The maximum atomic E-state index is 9.54. The number of benzene rings is 1. The van der Waals surface area contributed by atoms with Crippen LogP contribution in [0.5, 0.6) is 17.4 Å². The summed E-state index contributed by atoms with van der Waals surface area (Å²) >= 11 is 17.3. The molecule has 1 aromatic heterocycles. The van der Waals surface area contributed by atoms with E-state index >= 15 is 0 Å². The lowest BCUT2D eigenvalue weighted by atomic mass is 10.3. The van der Waals surface area contributed by atoms with Crippen molar-refractivity contribution in [2.45, 2.75) is 0 Å². The Hall–Kier alpha value is -1.23. The summed E-state index contributed by atoms with van der Waals surface area (Å²) in [6, 6.07) is 6.08. The van der Waals surface area contributed by atoms with Gasteiger partial charge in [0.15, 0.2) is 16.7 Å². The molecule has 0 aliphatic carbocycles. The third kappa shape index (κ3) is 2.72. The topological polar surface area (TPSA) is 55.2 Å². The van der Waals surface area contributed by atoms with Crippen molar-refractivity contribution in [1.29, 1.82) is 0 Å². The summed E-state index contributed by atoms with van der Waals surface area (Å²) in [4.78, 5) is 0. The molecule has 0 spiro atoms. The highest BCUT2D eigenvalue weighted by Gasteiger charge is 2.12. The Kier molecular flexibility index (Phi) is 3.57. The van der Waals surface area contributed by atoms with Crippen LogP contribution in [-0.4, -0.2) is 15.3 Å². The maximum Gasteiger partial charge on any atom is 0.281 e. The van der Waals surface area contributed by atoms with Crippen molar-refractivity contribution in [3.63, 3.8) is 0 Å². The zero-order chi connectivity index (χ0) is 12.4. The number of hydrogen-bond donors (Lipinski definition) is 1. The van der Waals surface area contributed by atoms with Gasteiger partial charge in [0.25, 0.3) is 5.88 Å². The van der Waals surface area contributed by atoms with Crippen molar-refractivity contribution >= 4 is 34.8 Å². The highest BCUT2D eigenvalue weighted by molar-refractivity contribution is 6.37. The molecule has 1 N–H and O–H groups in total. The standard InChI is InChI=1S/C10H5Cl3N2O2/c11-5-2-1-3-6(12)9(5)17-10-7(16)4-8(13)14-15-10/h1-4H,(H,14,16). The molecule has 2 aromatic rings. The van der Waals surface area contributed by atoms with Crippen LogP contribution in [0.3, 0.4) is 0 Å². The number of rotatable bonds is 2. The lowest BCUT2D eigenvalue weighted by Crippen LogP contribution is -1.92. The van der Waals surface area contributed by atoms with Gasteiger partial charge in [-0.15, -0.1) is 10.2 Å². The van der Waals surface area contributed by atoms with E-state index < -0.39 is 0 Å². The normalized spacial score (nSPS) is 10.3. The molecule has 4 nitrogen and oxygen atoms in total. The van der Waals surface area contributed by atoms with Gasteiger partial charge in [-0.3, -0.25) is 0 Å². The molecule has 1 aromatic carbocycles. The van der Waals surface area contributed by atoms with Gasteiger partial charge in [-0.1, -0.05) is 40.9 Å². The van der Waals surface area contributed by atoms with Crippen LogP contribution in [0.1, 0.15) is 0 Å². The molecule has 17 heavy (non-hydrogen) atoms. The van der Waals surface area contributed by atoms with Gasteiger partial charge >= 0.3 is 0 Å². The Morgan fingerprint density at radius 1 is 1.06 bits per heavy atom. The summed E-state index contributed by atoms with van der Waals surface area (Å²) in [5.41, 5.74) is 0. The van der Waals surface area contributed by atoms with Crippen molar-refractivity contribution in [2.24, 2.45) is 0 Å². The molecule has 0 fully saturated rings. The third-order valence-corrected chi connectivity index (χ3v) is 2.61. The second-order valence-corrected chi connectivity index (χ2v) is 4.21. The van der Waals surface area contributed by atoms with Crippen LogP contribution in [0.4, 0.5) is 0 Å². The molecule has 2 rings (SSSR count). The Balaban J connectivity index is 2.38. The first-order valence-electron chi connectivity index (χ1n) is 4.42. The van der Waals surface area contributed by atoms with E-state index in [2.05, 4.69) is 10.2 Å². The summed E-state index contributed by atoms with van der Waals surface area (Å²) in [5.74, 6) is -0.173. The van der Waals surface area contributed by atoms with Gasteiger partial charge in [-0.2, -0.15) is 0 Å². The fourth-order valence-electron chi connectivity index (χ4n) is 1.10. The Morgan fingerprint density at radius 2 is 1.71 bits per heavy atom. The number of nitrogens with zero attached hydrogens (tertiary/aromatic N) is 2. The van der Waals surface area contributed by atoms with Crippen LogP contribution in [0.2, 0.25) is 15.2 Å². The van der Waals surface area contributed by atoms with E-state index in [1.54, 1.807) is 18.2 Å². The zero-order valence-corrected chi connectivity index (χ0v) is 10.5. The fraction of sp³-hybridized carbons (Fsp3) is 0. The average Bonchev–Trinajstić information content (AvgIpc) is 2.26. The summed E-state index contributed by atoms with van der Waals surface area (Å²) in [5, 5.41) is 17.3. The van der Waals surface area contributed by atoms with E-state index in [9.17, 15) is 5.11 Å². The first-order valence-corrected chi connectivity index (χ1v) is 5.55. The van der Waals surface area contributed by atoms with Gasteiger partial charge < -0.3 is 9.84 Å². The van der Waals surface area contributed by atoms with Gasteiger partial charge in [-0.05, 0) is 12.1 Å². The molecular formula is C10H5Cl3N2O2. The van der Waals surface area contributed by atoms with E-state index in [0.717, 1.165) is 0 Å². The van der Waals surface area contributed by atoms with Crippen LogP contribution in [0, 0.1) is 0 Å². The molecule has 0 unspecified atom stereocenters. The molecule has 0 aliphatic heterocycles. The molecule has 0 saturated carbocycles. The number of ether oxygens (including phenoxy) is 1. The minimum atomic E-state index is -0.249. The van der Waals surface area contributed by atoms with E-state index in [4.69, 9.17) is 39.5 Å². The lowest BCUT2D eigenvalue weighted by Gasteiger charge is -2.08. The third-order valence-electron chi connectivity index (χ3n) is 1.83. The van der Waals surface area contributed by atoms with Crippen LogP contribution >= 0.6 is 34.8 Å². The highest BCUT2D eigenvalue weighted by Crippen LogP contribution is 2.37. The first-order chi connectivity index (χ1) is 8.08.